The molecular weight excluding hydrogens is 344 g/mol. The summed E-state index contributed by atoms with van der Waals surface area (Å²) in [5.41, 5.74) is 2.35. The van der Waals surface area contributed by atoms with Gasteiger partial charge in [0.05, 0.1) is 14.2 Å². The van der Waals surface area contributed by atoms with Gasteiger partial charge in [0, 0.05) is 32.2 Å². The second-order valence-corrected chi connectivity index (χ2v) is 6.69. The molecule has 0 aliphatic carbocycles. The largest absolute Gasteiger partial charge is 0.496 e. The fourth-order valence-electron chi connectivity index (χ4n) is 3.17. The molecule has 0 unspecified atom stereocenters. The SMILES string of the molecule is CCNC(=NCCc1ccc(C)c(OC)c1)NC1CCN(C(=O)OC)CC1. The number of nitrogens with zero attached hydrogens (tertiary/aromatic N) is 2. The van der Waals surface area contributed by atoms with Gasteiger partial charge >= 0.3 is 6.09 Å². The van der Waals surface area contributed by atoms with Gasteiger partial charge in [-0.15, -0.1) is 0 Å². The zero-order valence-electron chi connectivity index (χ0n) is 16.9. The maximum absolute atomic E-state index is 11.6. The van der Waals surface area contributed by atoms with Crippen LogP contribution in [0.25, 0.3) is 0 Å². The number of ether oxygens (including phenoxy) is 2. The van der Waals surface area contributed by atoms with Crippen LogP contribution in [0.1, 0.15) is 30.9 Å². The Bertz CT molecular complexity index is 640. The number of hydrogen-bond donors (Lipinski definition) is 2. The van der Waals surface area contributed by atoms with Crippen LogP contribution in [-0.4, -0.2) is 63.4 Å². The van der Waals surface area contributed by atoms with Crippen LogP contribution in [0.5, 0.6) is 5.75 Å². The average Bonchev–Trinajstić information content (AvgIpc) is 2.69. The molecule has 7 nitrogen and oxygen atoms in total. The highest BCUT2D eigenvalue weighted by Gasteiger charge is 2.23. The molecule has 2 N–H and O–H groups in total. The van der Waals surface area contributed by atoms with Crippen molar-refractivity contribution >= 4 is 12.1 Å². The lowest BCUT2D eigenvalue weighted by Crippen LogP contribution is -2.49. The molecule has 1 aromatic rings. The van der Waals surface area contributed by atoms with Crippen molar-refractivity contribution in [2.75, 3.05) is 40.4 Å². The molecule has 1 aromatic carbocycles. The Labute approximate surface area is 162 Å². The number of aliphatic imine (C=N–C) groups is 1. The Morgan fingerprint density at radius 2 is 2.04 bits per heavy atom. The van der Waals surface area contributed by atoms with Gasteiger partial charge in [0.2, 0.25) is 0 Å². The highest BCUT2D eigenvalue weighted by Crippen LogP contribution is 2.19. The number of nitrogens with one attached hydrogen (secondary N) is 2. The van der Waals surface area contributed by atoms with Crippen molar-refractivity contribution in [1.29, 1.82) is 0 Å². The minimum absolute atomic E-state index is 0.248. The predicted octanol–water partition coefficient (Wildman–Crippen LogP) is 2.33. The van der Waals surface area contributed by atoms with Gasteiger partial charge in [-0.25, -0.2) is 4.79 Å². The molecular formula is C20H32N4O3. The molecule has 0 atom stereocenters. The Hall–Kier alpha value is -2.44. The van der Waals surface area contributed by atoms with Gasteiger partial charge < -0.3 is 25.0 Å². The van der Waals surface area contributed by atoms with Crippen molar-refractivity contribution in [2.24, 2.45) is 4.99 Å². The lowest BCUT2D eigenvalue weighted by molar-refractivity contribution is 0.111. The van der Waals surface area contributed by atoms with Crippen LogP contribution in [0.3, 0.4) is 0 Å². The summed E-state index contributed by atoms with van der Waals surface area (Å²) in [5.74, 6) is 1.74. The number of hydrogen-bond acceptors (Lipinski definition) is 4. The van der Waals surface area contributed by atoms with E-state index in [1.165, 1.54) is 12.7 Å². The summed E-state index contributed by atoms with van der Waals surface area (Å²) in [7, 11) is 3.12. The summed E-state index contributed by atoms with van der Waals surface area (Å²) in [6.45, 7) is 7.01. The normalized spacial score (nSPS) is 15.4. The number of carbonyl (C=O) groups is 1. The Balaban J connectivity index is 1.86. The fourth-order valence-corrected chi connectivity index (χ4v) is 3.17. The number of guanidine groups is 1. The van der Waals surface area contributed by atoms with Gasteiger partial charge in [0.25, 0.3) is 0 Å². The van der Waals surface area contributed by atoms with Crippen molar-refractivity contribution in [2.45, 2.75) is 39.2 Å². The van der Waals surface area contributed by atoms with E-state index in [9.17, 15) is 4.79 Å². The summed E-state index contributed by atoms with van der Waals surface area (Å²) in [5, 5.41) is 6.79. The Kier molecular flexibility index (Phi) is 8.23. The smallest absolute Gasteiger partial charge is 0.409 e. The Morgan fingerprint density at radius 3 is 2.67 bits per heavy atom. The molecule has 1 fully saturated rings. The van der Waals surface area contributed by atoms with Gasteiger partial charge in [-0.2, -0.15) is 0 Å². The van der Waals surface area contributed by atoms with E-state index < -0.39 is 0 Å². The molecule has 7 heteroatoms. The third kappa shape index (κ3) is 6.34. The lowest BCUT2D eigenvalue weighted by atomic mass is 10.1. The van der Waals surface area contributed by atoms with Crippen LogP contribution >= 0.6 is 0 Å². The van der Waals surface area contributed by atoms with E-state index in [1.54, 1.807) is 12.0 Å². The highest BCUT2D eigenvalue weighted by molar-refractivity contribution is 5.80. The standard InChI is InChI=1S/C20H32N4O3/c1-5-21-19(23-17-9-12-24(13-10-17)20(25)27-4)22-11-8-16-7-6-15(2)18(14-16)26-3/h6-7,14,17H,5,8-13H2,1-4H3,(H2,21,22,23). The quantitative estimate of drug-likeness (QED) is 0.589. The van der Waals surface area contributed by atoms with Gasteiger partial charge in [-0.05, 0) is 50.3 Å². The number of likely N-dealkylation sites (tertiary alicyclic amines) is 1. The molecule has 1 aliphatic rings. The molecule has 1 heterocycles. The van der Waals surface area contributed by atoms with E-state index in [0.717, 1.165) is 43.1 Å². The molecule has 0 spiro atoms. The third-order valence-electron chi connectivity index (χ3n) is 4.76. The molecule has 0 bridgehead atoms. The van der Waals surface area contributed by atoms with Crippen molar-refractivity contribution in [3.63, 3.8) is 0 Å². The zero-order chi connectivity index (χ0) is 19.6. The first-order chi connectivity index (χ1) is 13.1. The predicted molar refractivity (Wildman–Crippen MR) is 108 cm³/mol. The molecule has 1 amide bonds. The van der Waals surface area contributed by atoms with Crippen LogP contribution < -0.4 is 15.4 Å². The summed E-state index contributed by atoms with van der Waals surface area (Å²) in [6, 6.07) is 6.59. The molecule has 27 heavy (non-hydrogen) atoms. The molecule has 1 aliphatic heterocycles. The van der Waals surface area contributed by atoms with Crippen LogP contribution in [0, 0.1) is 6.92 Å². The first-order valence-electron chi connectivity index (χ1n) is 9.58. The monoisotopic (exact) mass is 376 g/mol. The minimum Gasteiger partial charge on any atom is -0.496 e. The molecule has 150 valence electrons. The average molecular weight is 377 g/mol. The lowest BCUT2D eigenvalue weighted by Gasteiger charge is -2.32. The molecule has 1 saturated heterocycles. The molecule has 0 saturated carbocycles. The molecule has 0 radical (unpaired) electrons. The van der Waals surface area contributed by atoms with Crippen molar-refractivity contribution < 1.29 is 14.3 Å². The van der Waals surface area contributed by atoms with Gasteiger partial charge in [0.1, 0.15) is 5.75 Å². The van der Waals surface area contributed by atoms with Crippen molar-refractivity contribution in [3.8, 4) is 5.75 Å². The van der Waals surface area contributed by atoms with E-state index >= 15 is 0 Å². The topological polar surface area (TPSA) is 75.2 Å². The number of aryl methyl sites for hydroxylation is 1. The summed E-state index contributed by atoms with van der Waals surface area (Å²) in [6.07, 6.45) is 2.37. The number of rotatable bonds is 6. The van der Waals surface area contributed by atoms with Gasteiger partial charge in [0.15, 0.2) is 5.96 Å². The van der Waals surface area contributed by atoms with E-state index in [1.807, 2.05) is 6.92 Å². The first kappa shape index (κ1) is 20.9. The summed E-state index contributed by atoms with van der Waals surface area (Å²) < 4.78 is 10.2. The second-order valence-electron chi connectivity index (χ2n) is 6.69. The van der Waals surface area contributed by atoms with Crippen molar-refractivity contribution in [3.05, 3.63) is 29.3 Å². The number of methoxy groups -OCH3 is 2. The number of benzene rings is 1. The number of amides is 1. The zero-order valence-corrected chi connectivity index (χ0v) is 16.9. The summed E-state index contributed by atoms with van der Waals surface area (Å²) in [4.78, 5) is 18.0. The highest BCUT2D eigenvalue weighted by atomic mass is 16.5. The number of carbonyl (C=O) groups excluding carboxylic acids is 1. The minimum atomic E-state index is -0.248. The second kappa shape index (κ2) is 10.6. The van der Waals surface area contributed by atoms with E-state index in [-0.39, 0.29) is 6.09 Å². The van der Waals surface area contributed by atoms with Gasteiger partial charge in [-0.1, -0.05) is 12.1 Å². The molecule has 0 aromatic heterocycles. The fraction of sp³-hybridized carbons (Fsp3) is 0.600. The van der Waals surface area contributed by atoms with Gasteiger partial charge in [-0.3, -0.25) is 4.99 Å². The van der Waals surface area contributed by atoms with Crippen LogP contribution in [0.4, 0.5) is 4.79 Å². The third-order valence-corrected chi connectivity index (χ3v) is 4.76. The van der Waals surface area contributed by atoms with E-state index in [0.29, 0.717) is 25.7 Å². The number of piperidine rings is 1. The van der Waals surface area contributed by atoms with Crippen molar-refractivity contribution in [1.82, 2.24) is 15.5 Å². The molecule has 2 rings (SSSR count). The van der Waals surface area contributed by atoms with E-state index in [2.05, 4.69) is 35.8 Å². The van der Waals surface area contributed by atoms with Crippen LogP contribution in [0.15, 0.2) is 23.2 Å². The van der Waals surface area contributed by atoms with Crippen LogP contribution in [-0.2, 0) is 11.2 Å². The summed E-state index contributed by atoms with van der Waals surface area (Å²) >= 11 is 0. The first-order valence-corrected chi connectivity index (χ1v) is 9.58. The maximum atomic E-state index is 11.6. The van der Waals surface area contributed by atoms with Crippen LogP contribution in [0.2, 0.25) is 0 Å². The Morgan fingerprint density at radius 1 is 1.30 bits per heavy atom. The maximum Gasteiger partial charge on any atom is 0.409 e. The van der Waals surface area contributed by atoms with E-state index in [4.69, 9.17) is 14.5 Å².